The molecule has 15 heteroatoms. The number of benzene rings is 2. The van der Waals surface area contributed by atoms with Gasteiger partial charge >= 0.3 is 40.9 Å². The normalized spacial score (nSPS) is 11.2. The third-order valence-corrected chi connectivity index (χ3v) is 5.93. The molecule has 44 heavy (non-hydrogen) atoms. The van der Waals surface area contributed by atoms with Crippen LogP contribution in [0.3, 0.4) is 0 Å². The van der Waals surface area contributed by atoms with E-state index < -0.39 is 7.15 Å². The van der Waals surface area contributed by atoms with Gasteiger partial charge in [-0.2, -0.15) is 9.97 Å². The summed E-state index contributed by atoms with van der Waals surface area (Å²) in [5.74, 6) is 0.929. The van der Waals surface area contributed by atoms with Crippen molar-refractivity contribution in [3.8, 4) is 11.6 Å². The first-order valence-electron chi connectivity index (χ1n) is 13.4. The number of hydrogen-bond acceptors (Lipinski definition) is 6. The Hall–Kier alpha value is -2.75. The van der Waals surface area contributed by atoms with Gasteiger partial charge in [-0.1, -0.05) is 24.3 Å². The summed E-state index contributed by atoms with van der Waals surface area (Å²) in [6, 6.07) is 18.4. The van der Waals surface area contributed by atoms with Crippen LogP contribution >= 0.6 is 45.8 Å². The van der Waals surface area contributed by atoms with Crippen molar-refractivity contribution >= 4 is 67.9 Å². The Morgan fingerprint density at radius 1 is 0.886 bits per heavy atom. The number of aromatic amines is 1. The van der Waals surface area contributed by atoms with Crippen molar-refractivity contribution in [2.24, 2.45) is 0 Å². The number of H-pyrrole nitrogens is 1. The summed E-state index contributed by atoms with van der Waals surface area (Å²) >= 11 is 13.8. The summed E-state index contributed by atoms with van der Waals surface area (Å²) in [6.07, 6.45) is 3.05. The zero-order valence-corrected chi connectivity index (χ0v) is 30.1. The van der Waals surface area contributed by atoms with Gasteiger partial charge in [0.25, 0.3) is 0 Å². The van der Waals surface area contributed by atoms with Crippen molar-refractivity contribution < 1.29 is 36.7 Å². The minimum Gasteiger partial charge on any atom is -1.00 e. The van der Waals surface area contributed by atoms with E-state index in [4.69, 9.17) is 24.6 Å². The zero-order chi connectivity index (χ0) is 32.4. The summed E-state index contributed by atoms with van der Waals surface area (Å²) in [4.78, 5) is 43.1. The number of halogens is 4. The van der Waals surface area contributed by atoms with Crippen LogP contribution in [0.4, 0.5) is 4.39 Å². The maximum absolute atomic E-state index is 12.7. The van der Waals surface area contributed by atoms with Crippen LogP contribution in [0.25, 0.3) is 33.7 Å². The molecule has 1 N–H and O–H groups in total. The maximum atomic E-state index is 12.7. The second kappa shape index (κ2) is 17.7. The first-order valence-corrected chi connectivity index (χ1v) is 14.7. The standard InChI is InChI=1S/C14H13ClN4O.C11H7ClN4O.C3H6I.CH3F.Na.H/c1-9(2)18-10-5-3-4-6-11(10)19(14(18)20)12-7-8-16-13(15)17-12;12-10-13-6-5-9(15-10)16-8-4-2-1-3-7(8)14-11(16)17;1-3(2)4;1-2;;/h3-9H,1-2H3;1-6H,(H,14,17);3H,1H2,2H3;1H3;;/q;;+1;;+1;-1/i;;;1D;;. The molecule has 226 valence electrons. The molecule has 6 aromatic rings. The number of aromatic nitrogens is 8. The predicted molar refractivity (Wildman–Crippen MR) is 180 cm³/mol. The van der Waals surface area contributed by atoms with Crippen LogP contribution in [-0.4, -0.2) is 49.7 Å². The van der Waals surface area contributed by atoms with Crippen LogP contribution in [-0.2, 0) is 0 Å². The van der Waals surface area contributed by atoms with Gasteiger partial charge in [-0.3, -0.25) is 8.96 Å². The van der Waals surface area contributed by atoms with E-state index in [0.29, 0.717) is 15.6 Å². The molecule has 0 radical (unpaired) electrons. The zero-order valence-electron chi connectivity index (χ0n) is 26.5. The summed E-state index contributed by atoms with van der Waals surface area (Å²) in [5.41, 5.74) is 2.82. The minimum atomic E-state index is -1.00. The largest absolute Gasteiger partial charge is 1.00 e. The van der Waals surface area contributed by atoms with E-state index in [1.807, 2.05) is 69.3 Å². The van der Waals surface area contributed by atoms with E-state index in [-0.39, 0.29) is 59.0 Å². The van der Waals surface area contributed by atoms with Gasteiger partial charge in [-0.15, -0.1) is 0 Å². The van der Waals surface area contributed by atoms with Crippen molar-refractivity contribution in [3.05, 3.63) is 112 Å². The molecule has 1 atom stereocenters. The molecule has 0 fully saturated rings. The quantitative estimate of drug-likeness (QED) is 0.0962. The summed E-state index contributed by atoms with van der Waals surface area (Å²) < 4.78 is 20.8. The van der Waals surface area contributed by atoms with Crippen molar-refractivity contribution in [2.75, 3.05) is 7.15 Å². The minimum absolute atomic E-state index is 0. The van der Waals surface area contributed by atoms with Crippen LogP contribution in [0, 0.1) is 6.92 Å². The third-order valence-electron chi connectivity index (χ3n) is 5.57. The van der Waals surface area contributed by atoms with E-state index in [2.05, 4.69) is 54.4 Å². The number of hydrogen-bond donors (Lipinski definition) is 1. The van der Waals surface area contributed by atoms with Gasteiger partial charge < -0.3 is 6.41 Å². The van der Waals surface area contributed by atoms with E-state index in [1.54, 1.807) is 27.5 Å². The first-order chi connectivity index (χ1) is 21.0. The molecule has 0 aliphatic rings. The van der Waals surface area contributed by atoms with Crippen LogP contribution < -0.4 is 40.9 Å². The average molecular weight is 763 g/mol. The molecule has 1 unspecified atom stereocenters. The van der Waals surface area contributed by atoms with Gasteiger partial charge in [-0.05, 0) is 90.8 Å². The Morgan fingerprint density at radius 2 is 1.34 bits per heavy atom. The molecule has 0 amide bonds. The van der Waals surface area contributed by atoms with Crippen LogP contribution in [0.1, 0.15) is 29.6 Å². The molecule has 0 spiro atoms. The molecular formula is C29H30Cl2FIN8NaO2+. The Morgan fingerprint density at radius 3 is 1.84 bits per heavy atom. The molecule has 0 bridgehead atoms. The molecule has 10 nitrogen and oxygen atoms in total. The number of para-hydroxylation sites is 4. The molecule has 0 saturated heterocycles. The Bertz CT molecular complexity index is 1950. The molecule has 6 rings (SSSR count). The molecule has 4 heterocycles. The SMILES string of the molecule is CC(C)n1c(=O)n(-c2ccnc(Cl)n2)c2ccccc21.O=c1[nH]c2ccccc2n1-c1ccnc(Cl)n1.[2H]CF.[CH2+]C(C)I.[H-].[Na+]. The van der Waals surface area contributed by atoms with Gasteiger partial charge in [0, 0.05) is 30.6 Å². The molecular weight excluding hydrogens is 732 g/mol. The van der Waals surface area contributed by atoms with Crippen LogP contribution in [0.15, 0.2) is 82.6 Å². The van der Waals surface area contributed by atoms with Crippen LogP contribution in [0.5, 0.6) is 0 Å². The summed E-state index contributed by atoms with van der Waals surface area (Å²) in [5, 5.41) is 0.232. The smallest absolute Gasteiger partial charge is 1.00 e. The Labute approximate surface area is 302 Å². The number of nitrogens with zero attached hydrogens (tertiary/aromatic N) is 7. The predicted octanol–water partition coefficient (Wildman–Crippen LogP) is 3.92. The monoisotopic (exact) mass is 762 g/mol. The topological polar surface area (TPSA) is 116 Å². The van der Waals surface area contributed by atoms with Crippen molar-refractivity contribution in [3.63, 3.8) is 0 Å². The van der Waals surface area contributed by atoms with Gasteiger partial charge in [-0.25, -0.2) is 28.7 Å². The van der Waals surface area contributed by atoms with Gasteiger partial charge in [0.05, 0.1) is 37.5 Å². The van der Waals surface area contributed by atoms with Gasteiger partial charge in [0.15, 0.2) is 0 Å². The van der Waals surface area contributed by atoms with E-state index in [9.17, 15) is 14.0 Å². The van der Waals surface area contributed by atoms with Gasteiger partial charge in [0.1, 0.15) is 15.6 Å². The second-order valence-electron chi connectivity index (χ2n) is 9.00. The molecule has 0 saturated carbocycles. The maximum Gasteiger partial charge on any atom is 1.00 e. The van der Waals surface area contributed by atoms with Crippen molar-refractivity contribution in [2.45, 2.75) is 30.7 Å². The third kappa shape index (κ3) is 9.14. The van der Waals surface area contributed by atoms with Gasteiger partial charge in [0.2, 0.25) is 10.6 Å². The van der Waals surface area contributed by atoms with E-state index >= 15 is 0 Å². The number of fused-ring (bicyclic) bond motifs is 2. The number of imidazole rings is 2. The average Bonchev–Trinajstić information content (AvgIpc) is 3.46. The fourth-order valence-electron chi connectivity index (χ4n) is 4.07. The summed E-state index contributed by atoms with van der Waals surface area (Å²) in [6.45, 7) is 9.62. The van der Waals surface area contributed by atoms with Crippen molar-refractivity contribution in [1.29, 1.82) is 0 Å². The van der Waals surface area contributed by atoms with E-state index in [0.717, 1.165) is 22.1 Å². The number of rotatable bonds is 3. The molecule has 0 aliphatic carbocycles. The first kappa shape index (κ1) is 35.7. The van der Waals surface area contributed by atoms with Crippen LogP contribution in [0.2, 0.25) is 10.6 Å². The second-order valence-corrected chi connectivity index (χ2v) is 11.8. The molecule has 0 aliphatic heterocycles. The fourth-order valence-corrected chi connectivity index (χ4v) is 4.36. The molecule has 2 aromatic carbocycles. The number of alkyl halides is 2. The molecule has 4 aromatic heterocycles. The van der Waals surface area contributed by atoms with Crippen molar-refractivity contribution in [1.82, 2.24) is 38.6 Å². The van der Waals surface area contributed by atoms with E-state index in [1.165, 1.54) is 10.8 Å². The summed E-state index contributed by atoms with van der Waals surface area (Å²) in [7, 11) is -1.00. The Balaban J connectivity index is 0.000000372. The number of nitrogens with one attached hydrogen (secondary N) is 1. The fraction of sp³-hybridized carbons (Fsp3) is 0.207. The Kier molecular flexibility index (Phi) is 14.3.